The van der Waals surface area contributed by atoms with Crippen LogP contribution >= 0.6 is 0 Å². The van der Waals surface area contributed by atoms with Gasteiger partial charge in [-0.3, -0.25) is 4.79 Å². The monoisotopic (exact) mass is 303 g/mol. The molecule has 3 nitrogen and oxygen atoms in total. The summed E-state index contributed by atoms with van der Waals surface area (Å²) < 4.78 is 5.57. The molecule has 122 valence electrons. The molecule has 3 heteroatoms. The second-order valence-corrected chi connectivity index (χ2v) is 8.41. The van der Waals surface area contributed by atoms with Gasteiger partial charge in [0.05, 0.1) is 6.10 Å². The average molecular weight is 303 g/mol. The quantitative estimate of drug-likeness (QED) is 0.808. The molecule has 5 fully saturated rings. The van der Waals surface area contributed by atoms with E-state index < -0.39 is 0 Å². The van der Waals surface area contributed by atoms with Crippen LogP contribution in [0.2, 0.25) is 0 Å². The molecule has 1 saturated heterocycles. The maximum Gasteiger partial charge on any atom is 0.244 e. The normalized spacial score (nSPS) is 43.6. The lowest BCUT2D eigenvalue weighted by Crippen LogP contribution is -2.46. The summed E-state index contributed by atoms with van der Waals surface area (Å²) in [6.45, 7) is 3.73. The van der Waals surface area contributed by atoms with E-state index in [0.717, 1.165) is 37.2 Å². The molecule has 0 spiro atoms. The van der Waals surface area contributed by atoms with Crippen molar-refractivity contribution in [3.8, 4) is 0 Å². The zero-order valence-corrected chi connectivity index (χ0v) is 13.8. The van der Waals surface area contributed by atoms with E-state index in [2.05, 4.69) is 12.2 Å². The molecule has 0 radical (unpaired) electrons. The first kappa shape index (κ1) is 14.7. The second-order valence-electron chi connectivity index (χ2n) is 8.41. The zero-order valence-electron chi connectivity index (χ0n) is 13.8. The van der Waals surface area contributed by atoms with Gasteiger partial charge < -0.3 is 10.1 Å². The highest BCUT2D eigenvalue weighted by atomic mass is 16.5. The fourth-order valence-electron chi connectivity index (χ4n) is 6.01. The van der Waals surface area contributed by atoms with E-state index >= 15 is 0 Å². The molecule has 5 aliphatic rings. The van der Waals surface area contributed by atoms with Crippen molar-refractivity contribution in [1.82, 2.24) is 5.32 Å². The Morgan fingerprint density at radius 1 is 1.18 bits per heavy atom. The van der Waals surface area contributed by atoms with E-state index in [-0.39, 0.29) is 12.0 Å². The van der Waals surface area contributed by atoms with Gasteiger partial charge in [-0.25, -0.2) is 0 Å². The number of hydrogen-bond acceptors (Lipinski definition) is 2. The fraction of sp³-hybridized carbons (Fsp3) is 0.842. The minimum atomic E-state index is 0.0868. The van der Waals surface area contributed by atoms with E-state index in [9.17, 15) is 4.79 Å². The third kappa shape index (κ3) is 2.73. The van der Waals surface area contributed by atoms with Crippen molar-refractivity contribution in [2.45, 2.75) is 64.4 Å². The molecular weight excluding hydrogens is 274 g/mol. The molecule has 1 N–H and O–H groups in total. The summed E-state index contributed by atoms with van der Waals surface area (Å²) in [6.07, 6.45) is 12.7. The number of hydrogen-bond donors (Lipinski definition) is 1. The highest BCUT2D eigenvalue weighted by Crippen LogP contribution is 2.62. The van der Waals surface area contributed by atoms with Gasteiger partial charge in [0.1, 0.15) is 0 Å². The lowest BCUT2D eigenvalue weighted by molar-refractivity contribution is -0.117. The molecule has 5 rings (SSSR count). The Balaban J connectivity index is 1.39. The van der Waals surface area contributed by atoms with Crippen LogP contribution in [0.15, 0.2) is 11.6 Å². The Bertz CT molecular complexity index is 441. The van der Waals surface area contributed by atoms with E-state index in [1.165, 1.54) is 44.1 Å². The minimum absolute atomic E-state index is 0.0868. The van der Waals surface area contributed by atoms with Crippen molar-refractivity contribution in [2.24, 2.45) is 23.2 Å². The topological polar surface area (TPSA) is 38.3 Å². The Morgan fingerprint density at radius 3 is 2.36 bits per heavy atom. The molecule has 4 saturated carbocycles. The molecule has 1 atom stereocenters. The van der Waals surface area contributed by atoms with Crippen LogP contribution in [0, 0.1) is 23.2 Å². The van der Waals surface area contributed by atoms with Gasteiger partial charge >= 0.3 is 0 Å². The highest BCUT2D eigenvalue weighted by Gasteiger charge is 2.51. The summed E-state index contributed by atoms with van der Waals surface area (Å²) >= 11 is 0. The third-order valence-electron chi connectivity index (χ3n) is 6.75. The van der Waals surface area contributed by atoms with Crippen molar-refractivity contribution < 1.29 is 9.53 Å². The SMILES string of the molecule is C/C(=C/C(=O)NC[C@H]1CCCO1)C12CC3CC(CC(C3)C1)C2. The molecule has 0 aromatic rings. The summed E-state index contributed by atoms with van der Waals surface area (Å²) in [6, 6.07) is 0. The molecule has 0 aromatic carbocycles. The maximum atomic E-state index is 12.3. The summed E-state index contributed by atoms with van der Waals surface area (Å²) in [5.41, 5.74) is 1.70. The summed E-state index contributed by atoms with van der Waals surface area (Å²) in [7, 11) is 0. The Hall–Kier alpha value is -0.830. The number of nitrogens with one attached hydrogen (secondary N) is 1. The molecular formula is C19H29NO2. The lowest BCUT2D eigenvalue weighted by atomic mass is 9.48. The van der Waals surface area contributed by atoms with Crippen molar-refractivity contribution in [3.63, 3.8) is 0 Å². The van der Waals surface area contributed by atoms with Crippen molar-refractivity contribution in [1.29, 1.82) is 0 Å². The summed E-state index contributed by atoms with van der Waals surface area (Å²) in [5.74, 6) is 2.89. The van der Waals surface area contributed by atoms with Crippen LogP contribution in [-0.2, 0) is 9.53 Å². The fourth-order valence-corrected chi connectivity index (χ4v) is 6.01. The number of carbonyl (C=O) groups is 1. The van der Waals surface area contributed by atoms with Crippen LogP contribution in [0.4, 0.5) is 0 Å². The third-order valence-corrected chi connectivity index (χ3v) is 6.75. The number of carbonyl (C=O) groups excluding carboxylic acids is 1. The van der Waals surface area contributed by atoms with Crippen LogP contribution in [0.1, 0.15) is 58.3 Å². The number of ether oxygens (including phenoxy) is 1. The van der Waals surface area contributed by atoms with Crippen LogP contribution < -0.4 is 5.32 Å². The van der Waals surface area contributed by atoms with Gasteiger partial charge in [0.15, 0.2) is 0 Å². The first-order valence-corrected chi connectivity index (χ1v) is 9.21. The molecule has 1 amide bonds. The van der Waals surface area contributed by atoms with Gasteiger partial charge in [0.2, 0.25) is 5.91 Å². The molecule has 0 unspecified atom stereocenters. The lowest BCUT2D eigenvalue weighted by Gasteiger charge is -2.57. The van der Waals surface area contributed by atoms with Crippen LogP contribution in [0.5, 0.6) is 0 Å². The largest absolute Gasteiger partial charge is 0.376 e. The van der Waals surface area contributed by atoms with Crippen molar-refractivity contribution in [3.05, 3.63) is 11.6 Å². The second kappa shape index (κ2) is 5.67. The smallest absolute Gasteiger partial charge is 0.244 e. The highest BCUT2D eigenvalue weighted by molar-refractivity contribution is 5.88. The molecule has 22 heavy (non-hydrogen) atoms. The number of amides is 1. The molecule has 4 bridgehead atoms. The van der Waals surface area contributed by atoms with E-state index in [4.69, 9.17) is 4.74 Å². The number of rotatable bonds is 4. The Kier molecular flexibility index (Phi) is 3.80. The molecule has 0 aromatic heterocycles. The van der Waals surface area contributed by atoms with Gasteiger partial charge in [-0.2, -0.15) is 0 Å². The van der Waals surface area contributed by atoms with E-state index in [1.807, 2.05) is 6.08 Å². The van der Waals surface area contributed by atoms with E-state index in [0.29, 0.717) is 12.0 Å². The van der Waals surface area contributed by atoms with Gasteiger partial charge in [-0.05, 0) is 81.5 Å². The summed E-state index contributed by atoms with van der Waals surface area (Å²) in [4.78, 5) is 12.3. The standard InChI is InChI=1S/C19H29NO2/c1-13(5-18(21)20-12-17-3-2-4-22-17)19-9-14-6-15(10-19)8-16(7-14)11-19/h5,14-17H,2-4,6-12H2,1H3,(H,20,21)/b13-5-/t14?,15?,16?,17-,19?/m1/s1. The van der Waals surface area contributed by atoms with Gasteiger partial charge in [0.25, 0.3) is 0 Å². The predicted molar refractivity (Wildman–Crippen MR) is 86.3 cm³/mol. The molecule has 1 aliphatic heterocycles. The van der Waals surface area contributed by atoms with Gasteiger partial charge in [0, 0.05) is 19.2 Å². The van der Waals surface area contributed by atoms with Crippen LogP contribution in [-0.4, -0.2) is 25.2 Å². The maximum absolute atomic E-state index is 12.3. The Labute approximate surface area is 133 Å². The average Bonchev–Trinajstić information content (AvgIpc) is 2.97. The van der Waals surface area contributed by atoms with Crippen molar-refractivity contribution in [2.75, 3.05) is 13.2 Å². The minimum Gasteiger partial charge on any atom is -0.376 e. The zero-order chi connectivity index (χ0) is 15.2. The Morgan fingerprint density at radius 2 is 1.82 bits per heavy atom. The molecule has 1 heterocycles. The van der Waals surface area contributed by atoms with Crippen LogP contribution in [0.3, 0.4) is 0 Å². The van der Waals surface area contributed by atoms with Gasteiger partial charge in [-0.15, -0.1) is 0 Å². The summed E-state index contributed by atoms with van der Waals surface area (Å²) in [5, 5.41) is 3.05. The molecule has 4 aliphatic carbocycles. The first-order chi connectivity index (χ1) is 10.6. The van der Waals surface area contributed by atoms with Crippen molar-refractivity contribution >= 4 is 5.91 Å². The van der Waals surface area contributed by atoms with Crippen LogP contribution in [0.25, 0.3) is 0 Å². The van der Waals surface area contributed by atoms with Gasteiger partial charge in [-0.1, -0.05) is 5.57 Å². The predicted octanol–water partition coefficient (Wildman–Crippen LogP) is 3.44. The first-order valence-electron chi connectivity index (χ1n) is 9.21. The van der Waals surface area contributed by atoms with E-state index in [1.54, 1.807) is 0 Å². The number of allylic oxidation sites excluding steroid dienone is 1.